The van der Waals surface area contributed by atoms with E-state index >= 15 is 0 Å². The minimum Gasteiger partial charge on any atom is -0.389 e. The van der Waals surface area contributed by atoms with Gasteiger partial charge in [0.1, 0.15) is 0 Å². The summed E-state index contributed by atoms with van der Waals surface area (Å²) in [5, 5.41) is 18.6. The first-order valence-electron chi connectivity index (χ1n) is 6.23. The Morgan fingerprint density at radius 1 is 1.22 bits per heavy atom. The van der Waals surface area contributed by atoms with Crippen molar-refractivity contribution in [1.82, 2.24) is 15.0 Å². The molecule has 0 aliphatic heterocycles. The SMILES string of the molecule is CCC(O)(Cc1ccccc1)Cc1cn(C)nn1. The van der Waals surface area contributed by atoms with Gasteiger partial charge in [0.15, 0.2) is 0 Å². The van der Waals surface area contributed by atoms with Gasteiger partial charge in [0, 0.05) is 26.1 Å². The third-order valence-electron chi connectivity index (χ3n) is 3.19. The van der Waals surface area contributed by atoms with Crippen molar-refractivity contribution in [2.45, 2.75) is 31.8 Å². The average molecular weight is 245 g/mol. The van der Waals surface area contributed by atoms with E-state index in [0.29, 0.717) is 19.3 Å². The average Bonchev–Trinajstić information content (AvgIpc) is 2.75. The molecule has 1 unspecified atom stereocenters. The molecule has 96 valence electrons. The van der Waals surface area contributed by atoms with Crippen LogP contribution in [0.3, 0.4) is 0 Å². The van der Waals surface area contributed by atoms with Crippen LogP contribution in [0.1, 0.15) is 24.6 Å². The molecule has 0 fully saturated rings. The molecule has 2 aromatic rings. The second kappa shape index (κ2) is 5.31. The Kier molecular flexibility index (Phi) is 3.77. The molecule has 0 aliphatic carbocycles. The van der Waals surface area contributed by atoms with E-state index in [1.165, 1.54) is 0 Å². The van der Waals surface area contributed by atoms with E-state index in [0.717, 1.165) is 11.3 Å². The van der Waals surface area contributed by atoms with Crippen LogP contribution in [-0.2, 0) is 19.9 Å². The maximum Gasteiger partial charge on any atom is 0.0855 e. The molecule has 1 atom stereocenters. The molecule has 1 N–H and O–H groups in total. The molecule has 2 rings (SSSR count). The molecule has 1 aromatic heterocycles. The summed E-state index contributed by atoms with van der Waals surface area (Å²) in [5.41, 5.74) is 1.22. The van der Waals surface area contributed by atoms with E-state index in [1.54, 1.807) is 4.68 Å². The van der Waals surface area contributed by atoms with E-state index < -0.39 is 5.60 Å². The van der Waals surface area contributed by atoms with Crippen LogP contribution >= 0.6 is 0 Å². The Morgan fingerprint density at radius 2 is 1.94 bits per heavy atom. The second-order valence-corrected chi connectivity index (χ2v) is 4.80. The van der Waals surface area contributed by atoms with Gasteiger partial charge in [-0.15, -0.1) is 5.10 Å². The Balaban J connectivity index is 2.10. The number of benzene rings is 1. The van der Waals surface area contributed by atoms with Crippen LogP contribution in [0.15, 0.2) is 36.5 Å². The topological polar surface area (TPSA) is 50.9 Å². The molecule has 0 bridgehead atoms. The molecule has 4 heteroatoms. The molecular formula is C14H19N3O. The predicted octanol–water partition coefficient (Wildman–Crippen LogP) is 1.74. The molecule has 4 nitrogen and oxygen atoms in total. The minimum absolute atomic E-state index is 0.534. The Morgan fingerprint density at radius 3 is 2.50 bits per heavy atom. The Hall–Kier alpha value is -1.68. The van der Waals surface area contributed by atoms with Crippen molar-refractivity contribution < 1.29 is 5.11 Å². The molecule has 1 aromatic carbocycles. The number of aromatic nitrogens is 3. The highest BCUT2D eigenvalue weighted by molar-refractivity contribution is 5.18. The molecule has 0 saturated carbocycles. The number of hydrogen-bond acceptors (Lipinski definition) is 3. The summed E-state index contributed by atoms with van der Waals surface area (Å²) < 4.78 is 1.66. The maximum absolute atomic E-state index is 10.7. The van der Waals surface area contributed by atoms with Gasteiger partial charge in [-0.3, -0.25) is 4.68 Å². The van der Waals surface area contributed by atoms with Crippen LogP contribution < -0.4 is 0 Å². The lowest BCUT2D eigenvalue weighted by molar-refractivity contribution is 0.0359. The van der Waals surface area contributed by atoms with Crippen LogP contribution in [0.2, 0.25) is 0 Å². The van der Waals surface area contributed by atoms with E-state index in [9.17, 15) is 5.11 Å². The van der Waals surface area contributed by atoms with Crippen molar-refractivity contribution in [3.8, 4) is 0 Å². The van der Waals surface area contributed by atoms with Gasteiger partial charge in [0.05, 0.1) is 11.3 Å². The van der Waals surface area contributed by atoms with Gasteiger partial charge in [-0.1, -0.05) is 42.5 Å². The van der Waals surface area contributed by atoms with Gasteiger partial charge in [-0.2, -0.15) is 0 Å². The Labute approximate surface area is 107 Å². The van der Waals surface area contributed by atoms with Gasteiger partial charge in [0.2, 0.25) is 0 Å². The van der Waals surface area contributed by atoms with Crippen molar-refractivity contribution in [2.75, 3.05) is 0 Å². The number of hydrogen-bond donors (Lipinski definition) is 1. The fourth-order valence-corrected chi connectivity index (χ4v) is 2.10. The highest BCUT2D eigenvalue weighted by atomic mass is 16.3. The number of rotatable bonds is 5. The van der Waals surface area contributed by atoms with Gasteiger partial charge < -0.3 is 5.11 Å². The van der Waals surface area contributed by atoms with Crippen molar-refractivity contribution in [3.05, 3.63) is 47.8 Å². The van der Waals surface area contributed by atoms with E-state index in [1.807, 2.05) is 50.5 Å². The van der Waals surface area contributed by atoms with Gasteiger partial charge in [-0.25, -0.2) is 0 Å². The molecule has 0 radical (unpaired) electrons. The van der Waals surface area contributed by atoms with E-state index in [2.05, 4.69) is 10.3 Å². The summed E-state index contributed by atoms with van der Waals surface area (Å²) in [6.07, 6.45) is 3.72. The highest BCUT2D eigenvalue weighted by Gasteiger charge is 2.26. The normalized spacial score (nSPS) is 14.4. The summed E-state index contributed by atoms with van der Waals surface area (Å²) in [7, 11) is 1.83. The number of aliphatic hydroxyl groups is 1. The lowest BCUT2D eigenvalue weighted by Crippen LogP contribution is -2.33. The van der Waals surface area contributed by atoms with Crippen molar-refractivity contribution in [2.24, 2.45) is 7.05 Å². The minimum atomic E-state index is -0.753. The fourth-order valence-electron chi connectivity index (χ4n) is 2.10. The number of aryl methyl sites for hydroxylation is 1. The Bertz CT molecular complexity index is 495. The monoisotopic (exact) mass is 245 g/mol. The maximum atomic E-state index is 10.7. The summed E-state index contributed by atoms with van der Waals surface area (Å²) in [4.78, 5) is 0. The van der Waals surface area contributed by atoms with Crippen LogP contribution in [0.5, 0.6) is 0 Å². The van der Waals surface area contributed by atoms with Crippen LogP contribution in [0.25, 0.3) is 0 Å². The quantitative estimate of drug-likeness (QED) is 0.873. The van der Waals surface area contributed by atoms with E-state index in [4.69, 9.17) is 0 Å². The highest BCUT2D eigenvalue weighted by Crippen LogP contribution is 2.21. The van der Waals surface area contributed by atoms with Gasteiger partial charge in [0.25, 0.3) is 0 Å². The second-order valence-electron chi connectivity index (χ2n) is 4.80. The van der Waals surface area contributed by atoms with Crippen LogP contribution in [-0.4, -0.2) is 25.7 Å². The standard InChI is InChI=1S/C14H19N3O/c1-3-14(18,9-12-7-5-4-6-8-12)10-13-11-17(2)16-15-13/h4-8,11,18H,3,9-10H2,1-2H3. The fraction of sp³-hybridized carbons (Fsp3) is 0.429. The zero-order valence-corrected chi connectivity index (χ0v) is 10.9. The molecule has 0 saturated heterocycles. The largest absolute Gasteiger partial charge is 0.389 e. The molecule has 1 heterocycles. The molecule has 0 spiro atoms. The first-order valence-corrected chi connectivity index (χ1v) is 6.23. The summed E-state index contributed by atoms with van der Waals surface area (Å²) >= 11 is 0. The molecule has 0 aliphatic rings. The van der Waals surface area contributed by atoms with Crippen molar-refractivity contribution in [3.63, 3.8) is 0 Å². The first-order chi connectivity index (χ1) is 8.61. The lowest BCUT2D eigenvalue weighted by Gasteiger charge is -2.26. The van der Waals surface area contributed by atoms with Crippen LogP contribution in [0.4, 0.5) is 0 Å². The smallest absolute Gasteiger partial charge is 0.0855 e. The molecule has 18 heavy (non-hydrogen) atoms. The van der Waals surface area contributed by atoms with E-state index in [-0.39, 0.29) is 0 Å². The summed E-state index contributed by atoms with van der Waals surface area (Å²) in [5.74, 6) is 0. The first kappa shape index (κ1) is 12.8. The summed E-state index contributed by atoms with van der Waals surface area (Å²) in [6, 6.07) is 10.0. The zero-order valence-electron chi connectivity index (χ0n) is 10.9. The number of nitrogens with zero attached hydrogens (tertiary/aromatic N) is 3. The molecular weight excluding hydrogens is 226 g/mol. The van der Waals surface area contributed by atoms with Crippen molar-refractivity contribution in [1.29, 1.82) is 0 Å². The predicted molar refractivity (Wildman–Crippen MR) is 70.1 cm³/mol. The van der Waals surface area contributed by atoms with Gasteiger partial charge >= 0.3 is 0 Å². The summed E-state index contributed by atoms with van der Waals surface area (Å²) in [6.45, 7) is 2.00. The third-order valence-corrected chi connectivity index (χ3v) is 3.19. The molecule has 0 amide bonds. The zero-order chi connectivity index (χ0) is 13.0. The van der Waals surface area contributed by atoms with Crippen molar-refractivity contribution >= 4 is 0 Å². The van der Waals surface area contributed by atoms with Crippen LogP contribution in [0, 0.1) is 0 Å². The van der Waals surface area contributed by atoms with Gasteiger partial charge in [-0.05, 0) is 12.0 Å². The lowest BCUT2D eigenvalue weighted by atomic mass is 9.88. The third kappa shape index (κ3) is 3.17.